The molecule has 132 valence electrons. The molecule has 2 aliphatic rings. The first-order valence-corrected chi connectivity index (χ1v) is 8.93. The fourth-order valence-electron chi connectivity index (χ4n) is 3.63. The van der Waals surface area contributed by atoms with Crippen molar-refractivity contribution >= 4 is 5.91 Å². The van der Waals surface area contributed by atoms with Crippen molar-refractivity contribution in [2.24, 2.45) is 5.92 Å². The number of benzene rings is 1. The van der Waals surface area contributed by atoms with Gasteiger partial charge in [-0.15, -0.1) is 0 Å². The maximum absolute atomic E-state index is 12.6. The van der Waals surface area contributed by atoms with Crippen LogP contribution < -0.4 is 20.1 Å². The van der Waals surface area contributed by atoms with Gasteiger partial charge in [-0.25, -0.2) is 0 Å². The zero-order valence-corrected chi connectivity index (χ0v) is 14.8. The second-order valence-corrected chi connectivity index (χ2v) is 7.35. The molecule has 2 unspecified atom stereocenters. The predicted molar refractivity (Wildman–Crippen MR) is 93.8 cm³/mol. The fraction of sp³-hybridized carbons (Fsp3) is 0.632. The average Bonchev–Trinajstić information content (AvgIpc) is 2.91. The minimum absolute atomic E-state index is 0.0324. The number of ether oxygens (including phenoxy) is 2. The standard InChI is InChI=1S/C19H28N2O3/c1-12(2)11-24-17-7-4-13(8-18(17)23-3)19(22)21-16-9-14-5-6-15(10-16)20-14/h4,7-8,12,14-16,20H,5-6,9-11H2,1-3H3,(H,21,22). The van der Waals surface area contributed by atoms with Crippen LogP contribution in [-0.2, 0) is 0 Å². The lowest BCUT2D eigenvalue weighted by molar-refractivity contribution is 0.0923. The molecule has 2 atom stereocenters. The number of carbonyl (C=O) groups is 1. The summed E-state index contributed by atoms with van der Waals surface area (Å²) in [4.78, 5) is 12.6. The lowest BCUT2D eigenvalue weighted by atomic mass is 9.99. The first-order valence-electron chi connectivity index (χ1n) is 8.93. The summed E-state index contributed by atoms with van der Waals surface area (Å²) in [6.07, 6.45) is 4.50. The summed E-state index contributed by atoms with van der Waals surface area (Å²) in [5.74, 6) is 1.69. The second kappa shape index (κ2) is 7.43. The lowest BCUT2D eigenvalue weighted by Gasteiger charge is -2.29. The van der Waals surface area contributed by atoms with Gasteiger partial charge in [-0.05, 0) is 49.8 Å². The fourth-order valence-corrected chi connectivity index (χ4v) is 3.63. The van der Waals surface area contributed by atoms with E-state index in [1.54, 1.807) is 13.2 Å². The summed E-state index contributed by atoms with van der Waals surface area (Å²) in [6.45, 7) is 4.82. The number of hydrogen-bond donors (Lipinski definition) is 2. The van der Waals surface area contributed by atoms with Gasteiger partial charge in [-0.3, -0.25) is 4.79 Å². The number of hydrogen-bond acceptors (Lipinski definition) is 4. The van der Waals surface area contributed by atoms with Gasteiger partial charge in [0.1, 0.15) is 0 Å². The van der Waals surface area contributed by atoms with Crippen LogP contribution in [0.3, 0.4) is 0 Å². The van der Waals surface area contributed by atoms with Crippen LogP contribution >= 0.6 is 0 Å². The third kappa shape index (κ3) is 4.01. The quantitative estimate of drug-likeness (QED) is 0.841. The summed E-state index contributed by atoms with van der Waals surface area (Å²) in [6, 6.07) is 6.79. The predicted octanol–water partition coefficient (Wildman–Crippen LogP) is 2.74. The Bertz CT molecular complexity index is 576. The van der Waals surface area contributed by atoms with Crippen molar-refractivity contribution in [2.75, 3.05) is 13.7 Å². The van der Waals surface area contributed by atoms with Gasteiger partial charge in [0.2, 0.25) is 0 Å². The smallest absolute Gasteiger partial charge is 0.251 e. The number of amides is 1. The number of rotatable bonds is 6. The molecule has 0 aromatic heterocycles. The van der Waals surface area contributed by atoms with Crippen LogP contribution in [-0.4, -0.2) is 37.7 Å². The van der Waals surface area contributed by atoms with Crippen LogP contribution in [0, 0.1) is 5.92 Å². The number of methoxy groups -OCH3 is 1. The molecule has 0 spiro atoms. The molecule has 1 amide bonds. The molecule has 2 aliphatic heterocycles. The van der Waals surface area contributed by atoms with E-state index >= 15 is 0 Å². The van der Waals surface area contributed by atoms with Crippen LogP contribution in [0.2, 0.25) is 0 Å². The van der Waals surface area contributed by atoms with Crippen molar-refractivity contribution in [1.29, 1.82) is 0 Å². The third-order valence-corrected chi connectivity index (χ3v) is 4.81. The molecule has 24 heavy (non-hydrogen) atoms. The molecule has 1 aromatic rings. The van der Waals surface area contributed by atoms with Crippen molar-refractivity contribution in [3.8, 4) is 11.5 Å². The highest BCUT2D eigenvalue weighted by molar-refractivity contribution is 5.95. The Labute approximate surface area is 144 Å². The third-order valence-electron chi connectivity index (χ3n) is 4.81. The first kappa shape index (κ1) is 17.1. The molecule has 3 rings (SSSR count). The van der Waals surface area contributed by atoms with Crippen molar-refractivity contribution < 1.29 is 14.3 Å². The summed E-state index contributed by atoms with van der Waals surface area (Å²) in [7, 11) is 1.60. The van der Waals surface area contributed by atoms with Gasteiger partial charge in [-0.1, -0.05) is 13.8 Å². The van der Waals surface area contributed by atoms with E-state index in [-0.39, 0.29) is 11.9 Å². The molecular weight excluding hydrogens is 304 g/mol. The van der Waals surface area contributed by atoms with Crippen molar-refractivity contribution in [1.82, 2.24) is 10.6 Å². The topological polar surface area (TPSA) is 59.6 Å². The van der Waals surface area contributed by atoms with E-state index in [9.17, 15) is 4.79 Å². The molecule has 5 nitrogen and oxygen atoms in total. The molecule has 2 heterocycles. The van der Waals surface area contributed by atoms with Crippen LogP contribution in [0.1, 0.15) is 49.9 Å². The van der Waals surface area contributed by atoms with E-state index < -0.39 is 0 Å². The number of nitrogens with one attached hydrogen (secondary N) is 2. The molecule has 2 saturated heterocycles. The zero-order valence-electron chi connectivity index (χ0n) is 14.8. The van der Waals surface area contributed by atoms with E-state index in [2.05, 4.69) is 24.5 Å². The molecule has 0 saturated carbocycles. The molecule has 5 heteroatoms. The van der Waals surface area contributed by atoms with Gasteiger partial charge < -0.3 is 20.1 Å². The number of fused-ring (bicyclic) bond motifs is 2. The van der Waals surface area contributed by atoms with Crippen molar-refractivity contribution in [3.05, 3.63) is 23.8 Å². The number of piperidine rings is 1. The van der Waals surface area contributed by atoms with Crippen LogP contribution in [0.25, 0.3) is 0 Å². The Hall–Kier alpha value is -1.75. The molecular formula is C19H28N2O3. The highest BCUT2D eigenvalue weighted by atomic mass is 16.5. The monoisotopic (exact) mass is 332 g/mol. The molecule has 1 aromatic carbocycles. The van der Waals surface area contributed by atoms with E-state index in [4.69, 9.17) is 9.47 Å². The van der Waals surface area contributed by atoms with Crippen LogP contribution in [0.4, 0.5) is 0 Å². The minimum Gasteiger partial charge on any atom is -0.493 e. The Morgan fingerprint density at radius 1 is 1.25 bits per heavy atom. The van der Waals surface area contributed by atoms with E-state index in [1.807, 2.05) is 12.1 Å². The maximum Gasteiger partial charge on any atom is 0.251 e. The number of carbonyl (C=O) groups excluding carboxylic acids is 1. The largest absolute Gasteiger partial charge is 0.493 e. The lowest BCUT2D eigenvalue weighted by Crippen LogP contribution is -2.48. The highest BCUT2D eigenvalue weighted by Crippen LogP contribution is 2.30. The van der Waals surface area contributed by atoms with Gasteiger partial charge in [-0.2, -0.15) is 0 Å². The molecule has 2 N–H and O–H groups in total. The Balaban J connectivity index is 1.64. The second-order valence-electron chi connectivity index (χ2n) is 7.35. The highest BCUT2D eigenvalue weighted by Gasteiger charge is 2.34. The Morgan fingerprint density at radius 3 is 2.58 bits per heavy atom. The normalized spacial score (nSPS) is 25.6. The Morgan fingerprint density at radius 2 is 1.96 bits per heavy atom. The van der Waals surface area contributed by atoms with E-state index in [0.717, 1.165) is 12.8 Å². The zero-order chi connectivity index (χ0) is 17.1. The van der Waals surface area contributed by atoms with Crippen LogP contribution in [0.5, 0.6) is 11.5 Å². The van der Waals surface area contributed by atoms with E-state index in [0.29, 0.717) is 41.7 Å². The molecule has 2 bridgehead atoms. The SMILES string of the molecule is COc1cc(C(=O)NC2CC3CCC(C2)N3)ccc1OCC(C)C. The minimum atomic E-state index is -0.0324. The summed E-state index contributed by atoms with van der Waals surface area (Å²) >= 11 is 0. The van der Waals surface area contributed by atoms with E-state index in [1.165, 1.54) is 12.8 Å². The Kier molecular flexibility index (Phi) is 5.29. The molecule has 0 aliphatic carbocycles. The van der Waals surface area contributed by atoms with Gasteiger partial charge in [0, 0.05) is 23.7 Å². The molecule has 0 radical (unpaired) electrons. The van der Waals surface area contributed by atoms with Gasteiger partial charge in [0.25, 0.3) is 5.91 Å². The molecule has 2 fully saturated rings. The first-order chi connectivity index (χ1) is 11.5. The average molecular weight is 332 g/mol. The van der Waals surface area contributed by atoms with Gasteiger partial charge in [0.15, 0.2) is 11.5 Å². The van der Waals surface area contributed by atoms with Crippen molar-refractivity contribution in [3.63, 3.8) is 0 Å². The van der Waals surface area contributed by atoms with Crippen molar-refractivity contribution in [2.45, 2.75) is 57.7 Å². The van der Waals surface area contributed by atoms with Gasteiger partial charge >= 0.3 is 0 Å². The summed E-state index contributed by atoms with van der Waals surface area (Å²) < 4.78 is 11.1. The maximum atomic E-state index is 12.6. The van der Waals surface area contributed by atoms with Gasteiger partial charge in [0.05, 0.1) is 13.7 Å². The summed E-state index contributed by atoms with van der Waals surface area (Å²) in [5.41, 5.74) is 0.620. The van der Waals surface area contributed by atoms with Crippen LogP contribution in [0.15, 0.2) is 18.2 Å². The summed E-state index contributed by atoms with van der Waals surface area (Å²) in [5, 5.41) is 6.78.